The maximum absolute atomic E-state index is 3.84. The Hall–Kier alpha value is -1.16. The van der Waals surface area contributed by atoms with Crippen LogP contribution >= 0.6 is 11.3 Å². The van der Waals surface area contributed by atoms with Gasteiger partial charge in [0.2, 0.25) is 0 Å². The van der Waals surface area contributed by atoms with E-state index < -0.39 is 0 Å². The molecule has 2 aromatic heterocycles. The molecule has 0 aromatic carbocycles. The van der Waals surface area contributed by atoms with Crippen LogP contribution in [-0.4, -0.2) is 14.5 Å². The van der Waals surface area contributed by atoms with Gasteiger partial charge in [-0.25, -0.2) is 4.98 Å². The van der Waals surface area contributed by atoms with Crippen LogP contribution in [0.15, 0.2) is 30.4 Å². The zero-order valence-corrected chi connectivity index (χ0v) is 7.95. The van der Waals surface area contributed by atoms with Gasteiger partial charge >= 0.3 is 0 Å². The average molecular weight is 181 g/mol. The van der Waals surface area contributed by atoms with Crippen molar-refractivity contribution in [2.24, 2.45) is 7.05 Å². The summed E-state index contributed by atoms with van der Waals surface area (Å²) >= 11 is 1.67. The maximum Gasteiger partial charge on any atom is 0.0943 e. The van der Waals surface area contributed by atoms with Crippen LogP contribution in [0, 0.1) is 6.92 Å². The molecule has 0 aliphatic rings. The van der Waals surface area contributed by atoms with E-state index in [1.807, 2.05) is 36.4 Å². The fourth-order valence-corrected chi connectivity index (χ4v) is 1.01. The van der Waals surface area contributed by atoms with Gasteiger partial charge in [0.05, 0.1) is 11.8 Å². The third-order valence-corrected chi connectivity index (χ3v) is 1.90. The second kappa shape index (κ2) is 4.66. The van der Waals surface area contributed by atoms with Gasteiger partial charge in [-0.1, -0.05) is 0 Å². The molecule has 0 saturated carbocycles. The third-order valence-electron chi connectivity index (χ3n) is 1.19. The molecule has 0 radical (unpaired) electrons. The highest BCUT2D eigenvalue weighted by atomic mass is 32.1. The molecule has 2 heterocycles. The number of imidazole rings is 1. The Kier molecular flexibility index (Phi) is 3.47. The first kappa shape index (κ1) is 8.93. The number of hydrogen-bond acceptors (Lipinski definition) is 3. The van der Waals surface area contributed by atoms with Crippen molar-refractivity contribution in [3.05, 3.63) is 35.3 Å². The van der Waals surface area contributed by atoms with Crippen LogP contribution in [0.25, 0.3) is 0 Å². The smallest absolute Gasteiger partial charge is 0.0943 e. The molecule has 2 rings (SSSR count). The van der Waals surface area contributed by atoms with E-state index in [1.54, 1.807) is 23.9 Å². The van der Waals surface area contributed by atoms with E-state index in [-0.39, 0.29) is 0 Å². The first-order valence-corrected chi connectivity index (χ1v) is 4.44. The fraction of sp³-hybridized carbons (Fsp3) is 0.250. The highest BCUT2D eigenvalue weighted by molar-refractivity contribution is 7.09. The van der Waals surface area contributed by atoms with Crippen molar-refractivity contribution in [1.29, 1.82) is 0 Å². The topological polar surface area (TPSA) is 30.7 Å². The molecule has 0 spiro atoms. The highest BCUT2D eigenvalue weighted by Gasteiger charge is 1.76. The van der Waals surface area contributed by atoms with Crippen molar-refractivity contribution in [3.63, 3.8) is 0 Å². The minimum Gasteiger partial charge on any atom is -0.341 e. The Morgan fingerprint density at radius 3 is 2.42 bits per heavy atom. The van der Waals surface area contributed by atoms with Crippen LogP contribution < -0.4 is 0 Å². The van der Waals surface area contributed by atoms with E-state index in [0.717, 1.165) is 0 Å². The Balaban J connectivity index is 0.000000120. The van der Waals surface area contributed by atoms with E-state index >= 15 is 0 Å². The molecule has 64 valence electrons. The monoisotopic (exact) mass is 181 g/mol. The minimum absolute atomic E-state index is 1.27. The second-order valence-electron chi connectivity index (χ2n) is 2.34. The molecule has 0 atom stereocenters. The summed E-state index contributed by atoms with van der Waals surface area (Å²) in [6.45, 7) is 2.04. The summed E-state index contributed by atoms with van der Waals surface area (Å²) in [6, 6.07) is 0. The predicted molar refractivity (Wildman–Crippen MR) is 50.1 cm³/mol. The predicted octanol–water partition coefficient (Wildman–Crippen LogP) is 1.87. The zero-order chi connectivity index (χ0) is 8.81. The van der Waals surface area contributed by atoms with Crippen molar-refractivity contribution in [2.45, 2.75) is 6.92 Å². The first-order valence-electron chi connectivity index (χ1n) is 3.56. The van der Waals surface area contributed by atoms with E-state index in [9.17, 15) is 0 Å². The summed E-state index contributed by atoms with van der Waals surface area (Å²) < 4.78 is 1.89. The highest BCUT2D eigenvalue weighted by Crippen LogP contribution is 1.99. The molecule has 4 heteroatoms. The summed E-state index contributed by atoms with van der Waals surface area (Å²) in [5.74, 6) is 0. The molecule has 0 amide bonds. The van der Waals surface area contributed by atoms with Crippen molar-refractivity contribution in [3.8, 4) is 0 Å². The van der Waals surface area contributed by atoms with E-state index in [1.165, 1.54) is 4.88 Å². The van der Waals surface area contributed by atoms with Crippen LogP contribution in [0.1, 0.15) is 4.88 Å². The van der Waals surface area contributed by atoms with Crippen LogP contribution in [0.4, 0.5) is 0 Å². The fourth-order valence-electron chi connectivity index (χ4n) is 0.605. The average Bonchev–Trinajstić information content (AvgIpc) is 2.63. The maximum atomic E-state index is 3.84. The molecular weight excluding hydrogens is 170 g/mol. The summed E-state index contributed by atoms with van der Waals surface area (Å²) in [6.07, 6.45) is 7.24. The molecular formula is C8H11N3S. The second-order valence-corrected chi connectivity index (χ2v) is 3.43. The summed E-state index contributed by atoms with van der Waals surface area (Å²) in [5.41, 5.74) is 1.83. The normalized spacial score (nSPS) is 8.83. The molecule has 0 aliphatic carbocycles. The Labute approximate surface area is 75.7 Å². The van der Waals surface area contributed by atoms with Gasteiger partial charge in [-0.15, -0.1) is 11.3 Å². The number of thiazole rings is 1. The van der Waals surface area contributed by atoms with Crippen LogP contribution in [0.2, 0.25) is 0 Å². The largest absolute Gasteiger partial charge is 0.341 e. The first-order chi connectivity index (χ1) is 5.79. The lowest BCUT2D eigenvalue weighted by Crippen LogP contribution is -1.76. The van der Waals surface area contributed by atoms with Crippen LogP contribution in [-0.2, 0) is 7.05 Å². The summed E-state index contributed by atoms with van der Waals surface area (Å²) in [5, 5.41) is 0. The van der Waals surface area contributed by atoms with Gasteiger partial charge in [-0.2, -0.15) is 0 Å². The van der Waals surface area contributed by atoms with E-state index in [0.29, 0.717) is 0 Å². The number of nitrogens with zero attached hydrogens (tertiary/aromatic N) is 3. The number of aryl methyl sites for hydroxylation is 2. The molecule has 0 saturated heterocycles. The summed E-state index contributed by atoms with van der Waals surface area (Å²) in [4.78, 5) is 8.90. The Bertz CT molecular complexity index is 254. The Morgan fingerprint density at radius 2 is 2.25 bits per heavy atom. The quantitative estimate of drug-likeness (QED) is 0.621. The number of rotatable bonds is 0. The SMILES string of the molecule is Cc1cncs1.Cn1ccnc1. The van der Waals surface area contributed by atoms with E-state index in [2.05, 4.69) is 9.97 Å². The van der Waals surface area contributed by atoms with Crippen LogP contribution in [0.5, 0.6) is 0 Å². The van der Waals surface area contributed by atoms with Gasteiger partial charge < -0.3 is 4.57 Å². The molecule has 0 bridgehead atoms. The number of aromatic nitrogens is 3. The lowest BCUT2D eigenvalue weighted by molar-refractivity contribution is 0.913. The molecule has 3 nitrogen and oxygen atoms in total. The lowest BCUT2D eigenvalue weighted by atomic mass is 10.7. The molecule has 0 N–H and O–H groups in total. The van der Waals surface area contributed by atoms with Gasteiger partial charge in [0, 0.05) is 30.5 Å². The van der Waals surface area contributed by atoms with Crippen molar-refractivity contribution >= 4 is 11.3 Å². The van der Waals surface area contributed by atoms with E-state index in [4.69, 9.17) is 0 Å². The van der Waals surface area contributed by atoms with Crippen molar-refractivity contribution in [1.82, 2.24) is 14.5 Å². The van der Waals surface area contributed by atoms with Crippen molar-refractivity contribution < 1.29 is 0 Å². The molecule has 0 aliphatic heterocycles. The molecule has 2 aromatic rings. The molecule has 0 unspecified atom stereocenters. The molecule has 0 fully saturated rings. The van der Waals surface area contributed by atoms with Gasteiger partial charge in [-0.3, -0.25) is 4.98 Å². The van der Waals surface area contributed by atoms with Gasteiger partial charge in [0.15, 0.2) is 0 Å². The standard InChI is InChI=1S/C4H6N2.C4H5NS/c1-6-3-2-5-4-6;1-4-2-5-3-6-4/h2-4H,1H3;2-3H,1H3. The van der Waals surface area contributed by atoms with Gasteiger partial charge in [0.1, 0.15) is 0 Å². The Morgan fingerprint density at radius 1 is 1.42 bits per heavy atom. The van der Waals surface area contributed by atoms with Gasteiger partial charge in [0.25, 0.3) is 0 Å². The number of hydrogen-bond donors (Lipinski definition) is 0. The minimum atomic E-state index is 1.27. The van der Waals surface area contributed by atoms with Crippen LogP contribution in [0.3, 0.4) is 0 Å². The third kappa shape index (κ3) is 3.30. The van der Waals surface area contributed by atoms with Gasteiger partial charge in [-0.05, 0) is 6.92 Å². The zero-order valence-electron chi connectivity index (χ0n) is 7.14. The summed E-state index contributed by atoms with van der Waals surface area (Å²) in [7, 11) is 1.94. The lowest BCUT2D eigenvalue weighted by Gasteiger charge is -1.76. The molecule has 12 heavy (non-hydrogen) atoms. The van der Waals surface area contributed by atoms with Crippen molar-refractivity contribution in [2.75, 3.05) is 0 Å².